The number of fused-ring (bicyclic) bond motifs is 1. The van der Waals surface area contributed by atoms with Gasteiger partial charge in [-0.3, -0.25) is 4.90 Å². The molecule has 19 heavy (non-hydrogen) atoms. The predicted molar refractivity (Wildman–Crippen MR) is 75.5 cm³/mol. The molecule has 0 saturated heterocycles. The molecule has 1 fully saturated rings. The minimum absolute atomic E-state index is 0.333. The Morgan fingerprint density at radius 1 is 1.37 bits per heavy atom. The van der Waals surface area contributed by atoms with Crippen LogP contribution in [0.5, 0.6) is 0 Å². The third kappa shape index (κ3) is 2.73. The highest BCUT2D eigenvalue weighted by Crippen LogP contribution is 2.37. The van der Waals surface area contributed by atoms with Crippen molar-refractivity contribution >= 4 is 5.84 Å². The topological polar surface area (TPSA) is 61.8 Å². The molecule has 102 valence electrons. The van der Waals surface area contributed by atoms with Crippen molar-refractivity contribution in [2.75, 3.05) is 13.1 Å². The fourth-order valence-electron chi connectivity index (χ4n) is 2.98. The molecule has 0 radical (unpaired) electrons. The van der Waals surface area contributed by atoms with Crippen LogP contribution in [0.25, 0.3) is 0 Å². The van der Waals surface area contributed by atoms with Crippen LogP contribution in [0.15, 0.2) is 29.4 Å². The maximum atomic E-state index is 8.62. The Balaban J connectivity index is 1.58. The van der Waals surface area contributed by atoms with Gasteiger partial charge in [0.1, 0.15) is 5.84 Å². The van der Waals surface area contributed by atoms with Crippen LogP contribution in [0.2, 0.25) is 0 Å². The zero-order valence-electron chi connectivity index (χ0n) is 11.1. The standard InChI is InChI=1S/C15H21N3O/c16-15(17-19)7-8-18(13-5-6-13)10-12-9-11-3-1-2-4-14(11)12/h1-4,12-13,19H,5-10H2,(H2,16,17). The van der Waals surface area contributed by atoms with E-state index in [4.69, 9.17) is 10.9 Å². The molecule has 1 aromatic carbocycles. The zero-order valence-corrected chi connectivity index (χ0v) is 11.1. The van der Waals surface area contributed by atoms with Gasteiger partial charge in [0.25, 0.3) is 0 Å². The van der Waals surface area contributed by atoms with Gasteiger partial charge >= 0.3 is 0 Å². The summed E-state index contributed by atoms with van der Waals surface area (Å²) in [6, 6.07) is 9.44. The molecule has 3 rings (SSSR count). The summed E-state index contributed by atoms with van der Waals surface area (Å²) < 4.78 is 0. The molecule has 0 bridgehead atoms. The molecule has 1 aromatic rings. The van der Waals surface area contributed by atoms with E-state index in [1.54, 1.807) is 0 Å². The number of nitrogens with two attached hydrogens (primary N) is 1. The average molecular weight is 259 g/mol. The normalized spacial score (nSPS) is 22.2. The highest BCUT2D eigenvalue weighted by atomic mass is 16.4. The molecule has 1 saturated carbocycles. The number of hydrogen-bond donors (Lipinski definition) is 2. The van der Waals surface area contributed by atoms with Gasteiger partial charge in [-0.25, -0.2) is 0 Å². The minimum atomic E-state index is 0.333. The van der Waals surface area contributed by atoms with Crippen LogP contribution < -0.4 is 5.73 Å². The summed E-state index contributed by atoms with van der Waals surface area (Å²) in [5.74, 6) is 1.00. The van der Waals surface area contributed by atoms with E-state index in [0.29, 0.717) is 18.2 Å². The number of amidine groups is 1. The van der Waals surface area contributed by atoms with Crippen LogP contribution in [0.4, 0.5) is 0 Å². The van der Waals surface area contributed by atoms with E-state index in [0.717, 1.165) is 19.1 Å². The number of oxime groups is 1. The highest BCUT2D eigenvalue weighted by molar-refractivity contribution is 5.79. The van der Waals surface area contributed by atoms with Crippen molar-refractivity contribution in [1.29, 1.82) is 0 Å². The highest BCUT2D eigenvalue weighted by Gasteiger charge is 2.33. The lowest BCUT2D eigenvalue weighted by molar-refractivity contribution is 0.242. The number of rotatable bonds is 6. The van der Waals surface area contributed by atoms with Crippen LogP contribution in [0, 0.1) is 0 Å². The van der Waals surface area contributed by atoms with Gasteiger partial charge < -0.3 is 10.9 Å². The summed E-state index contributed by atoms with van der Waals surface area (Å²) in [6.07, 6.45) is 4.44. The van der Waals surface area contributed by atoms with Gasteiger partial charge in [-0.05, 0) is 30.4 Å². The largest absolute Gasteiger partial charge is 0.409 e. The summed E-state index contributed by atoms with van der Waals surface area (Å²) in [7, 11) is 0. The summed E-state index contributed by atoms with van der Waals surface area (Å²) >= 11 is 0. The first kappa shape index (κ1) is 12.5. The molecule has 3 N–H and O–H groups in total. The SMILES string of the molecule is NC(CCN(CC1Cc2ccccc21)C1CC1)=NO. The first-order valence-corrected chi connectivity index (χ1v) is 7.06. The lowest BCUT2D eigenvalue weighted by Gasteiger charge is -2.35. The monoisotopic (exact) mass is 259 g/mol. The zero-order chi connectivity index (χ0) is 13.2. The Bertz CT molecular complexity index is 482. The van der Waals surface area contributed by atoms with E-state index in [1.807, 2.05) is 0 Å². The van der Waals surface area contributed by atoms with E-state index in [2.05, 4.69) is 34.3 Å². The third-order valence-electron chi connectivity index (χ3n) is 4.26. The third-order valence-corrected chi connectivity index (χ3v) is 4.26. The molecule has 2 aliphatic rings. The molecule has 0 aliphatic heterocycles. The van der Waals surface area contributed by atoms with Crippen LogP contribution in [-0.2, 0) is 6.42 Å². The van der Waals surface area contributed by atoms with Gasteiger partial charge in [-0.1, -0.05) is 29.4 Å². The quantitative estimate of drug-likeness (QED) is 0.355. The van der Waals surface area contributed by atoms with Crippen molar-refractivity contribution in [3.63, 3.8) is 0 Å². The van der Waals surface area contributed by atoms with Crippen molar-refractivity contribution in [3.8, 4) is 0 Å². The lowest BCUT2D eigenvalue weighted by atomic mass is 9.77. The van der Waals surface area contributed by atoms with Crippen LogP contribution in [0.3, 0.4) is 0 Å². The van der Waals surface area contributed by atoms with Crippen molar-refractivity contribution in [2.24, 2.45) is 10.9 Å². The van der Waals surface area contributed by atoms with Gasteiger partial charge in [0.15, 0.2) is 0 Å². The molecular formula is C15H21N3O. The lowest BCUT2D eigenvalue weighted by Crippen LogP contribution is -2.37. The summed E-state index contributed by atoms with van der Waals surface area (Å²) in [5, 5.41) is 11.7. The molecule has 0 amide bonds. The van der Waals surface area contributed by atoms with Gasteiger partial charge in [0.2, 0.25) is 0 Å². The van der Waals surface area contributed by atoms with E-state index in [9.17, 15) is 0 Å². The van der Waals surface area contributed by atoms with Gasteiger partial charge in [0.05, 0.1) is 0 Å². The molecule has 0 spiro atoms. The second-order valence-corrected chi connectivity index (χ2v) is 5.67. The second-order valence-electron chi connectivity index (χ2n) is 5.67. The van der Waals surface area contributed by atoms with Gasteiger partial charge in [-0.2, -0.15) is 0 Å². The van der Waals surface area contributed by atoms with Gasteiger partial charge in [-0.15, -0.1) is 0 Å². The van der Waals surface area contributed by atoms with Crippen LogP contribution >= 0.6 is 0 Å². The van der Waals surface area contributed by atoms with Crippen LogP contribution in [-0.4, -0.2) is 35.1 Å². The molecule has 4 heteroatoms. The molecule has 4 nitrogen and oxygen atoms in total. The summed E-state index contributed by atoms with van der Waals surface area (Å²) in [5.41, 5.74) is 8.58. The fourth-order valence-corrected chi connectivity index (χ4v) is 2.98. The molecule has 1 unspecified atom stereocenters. The minimum Gasteiger partial charge on any atom is -0.409 e. The van der Waals surface area contributed by atoms with Crippen molar-refractivity contribution in [1.82, 2.24) is 4.90 Å². The molecule has 1 atom stereocenters. The summed E-state index contributed by atoms with van der Waals surface area (Å²) in [6.45, 7) is 2.01. The Hall–Kier alpha value is -1.55. The van der Waals surface area contributed by atoms with E-state index >= 15 is 0 Å². The predicted octanol–water partition coefficient (Wildman–Crippen LogP) is 1.93. The number of hydrogen-bond acceptors (Lipinski definition) is 3. The first-order valence-electron chi connectivity index (χ1n) is 7.06. The van der Waals surface area contributed by atoms with E-state index in [1.165, 1.54) is 30.4 Å². The fraction of sp³-hybridized carbons (Fsp3) is 0.533. The molecule has 0 aromatic heterocycles. The van der Waals surface area contributed by atoms with Gasteiger partial charge in [0, 0.05) is 31.5 Å². The maximum absolute atomic E-state index is 8.62. The Morgan fingerprint density at radius 2 is 2.16 bits per heavy atom. The Morgan fingerprint density at radius 3 is 2.84 bits per heavy atom. The number of benzene rings is 1. The van der Waals surface area contributed by atoms with Crippen molar-refractivity contribution < 1.29 is 5.21 Å². The average Bonchev–Trinajstić information content (AvgIpc) is 3.23. The van der Waals surface area contributed by atoms with Crippen LogP contribution in [0.1, 0.15) is 36.3 Å². The van der Waals surface area contributed by atoms with Crippen molar-refractivity contribution in [3.05, 3.63) is 35.4 Å². The molecule has 0 heterocycles. The van der Waals surface area contributed by atoms with E-state index < -0.39 is 0 Å². The van der Waals surface area contributed by atoms with E-state index in [-0.39, 0.29) is 0 Å². The number of nitrogens with zero attached hydrogens (tertiary/aromatic N) is 2. The van der Waals surface area contributed by atoms with Crippen molar-refractivity contribution in [2.45, 2.75) is 37.6 Å². The maximum Gasteiger partial charge on any atom is 0.140 e. The Kier molecular flexibility index (Phi) is 3.42. The smallest absolute Gasteiger partial charge is 0.140 e. The Labute approximate surface area is 113 Å². The molecule has 2 aliphatic carbocycles. The summed E-state index contributed by atoms with van der Waals surface area (Å²) in [4.78, 5) is 2.51. The molecular weight excluding hydrogens is 238 g/mol. The second kappa shape index (κ2) is 5.21. The first-order chi connectivity index (χ1) is 9.28.